The molecule has 2 atom stereocenters. The summed E-state index contributed by atoms with van der Waals surface area (Å²) in [7, 11) is 0. The predicted octanol–water partition coefficient (Wildman–Crippen LogP) is 7.31. The second kappa shape index (κ2) is 24.1. The summed E-state index contributed by atoms with van der Waals surface area (Å²) in [6.45, 7) is 14.7. The van der Waals surface area contributed by atoms with Gasteiger partial charge in [-0.2, -0.15) is 0 Å². The first-order valence-corrected chi connectivity index (χ1v) is 11.3. The van der Waals surface area contributed by atoms with Crippen molar-refractivity contribution in [1.82, 2.24) is 0 Å². The first-order chi connectivity index (χ1) is 14.6. The predicted molar refractivity (Wildman–Crippen MR) is 127 cm³/mol. The number of allylic oxidation sites excluding steroid dienone is 1. The number of nitrogens with zero attached hydrogens (tertiary/aromatic N) is 1. The van der Waals surface area contributed by atoms with Crippen molar-refractivity contribution in [3.63, 3.8) is 0 Å². The van der Waals surface area contributed by atoms with Gasteiger partial charge in [-0.1, -0.05) is 78.4 Å². The van der Waals surface area contributed by atoms with E-state index in [-0.39, 0.29) is 11.7 Å². The van der Waals surface area contributed by atoms with Gasteiger partial charge in [0, 0.05) is 11.1 Å². The Morgan fingerprint density at radius 1 is 0.968 bits per heavy atom. The topological polar surface area (TPSA) is 113 Å². The Hall–Kier alpha value is -2.18. The van der Waals surface area contributed by atoms with E-state index in [1.165, 1.54) is 45.4 Å². The van der Waals surface area contributed by atoms with E-state index >= 15 is 0 Å². The van der Waals surface area contributed by atoms with Gasteiger partial charge >= 0.3 is 11.9 Å². The first kappa shape index (κ1) is 33.5. The minimum absolute atomic E-state index is 0.00986. The van der Waals surface area contributed by atoms with Crippen molar-refractivity contribution >= 4 is 11.9 Å². The highest BCUT2D eigenvalue weighted by atomic mass is 16.7. The molecule has 0 saturated heterocycles. The molecule has 7 nitrogen and oxygen atoms in total. The van der Waals surface area contributed by atoms with Crippen LogP contribution in [0.2, 0.25) is 0 Å². The summed E-state index contributed by atoms with van der Waals surface area (Å²) in [5.74, 6) is -1.07. The van der Waals surface area contributed by atoms with Crippen molar-refractivity contribution in [2.24, 2.45) is 11.3 Å². The molecule has 0 bridgehead atoms. The van der Waals surface area contributed by atoms with Gasteiger partial charge in [-0.25, -0.2) is 9.59 Å². The zero-order chi connectivity index (χ0) is 24.7. The van der Waals surface area contributed by atoms with Crippen LogP contribution >= 0.6 is 0 Å². The summed E-state index contributed by atoms with van der Waals surface area (Å²) in [6, 6.07) is 0. The molecule has 0 aromatic heterocycles. The molecule has 0 fully saturated rings. The molecule has 0 aromatic rings. The number of carboxylic acids is 2. The molecule has 0 radical (unpaired) electrons. The lowest BCUT2D eigenvalue weighted by atomic mass is 9.95. The maximum absolute atomic E-state index is 10.5. The molecule has 0 aliphatic carbocycles. The molecule has 0 amide bonds. The molecule has 0 saturated carbocycles. The zero-order valence-electron chi connectivity index (χ0n) is 20.5. The highest BCUT2D eigenvalue weighted by molar-refractivity contribution is 5.85. The van der Waals surface area contributed by atoms with Gasteiger partial charge in [-0.05, 0) is 46.0 Å². The van der Waals surface area contributed by atoms with Gasteiger partial charge in [0.2, 0.25) is 0 Å². The summed E-state index contributed by atoms with van der Waals surface area (Å²) in [6.07, 6.45) is 13.4. The van der Waals surface area contributed by atoms with Crippen LogP contribution in [-0.4, -0.2) is 28.3 Å². The highest BCUT2D eigenvalue weighted by Gasteiger charge is 2.05. The summed E-state index contributed by atoms with van der Waals surface area (Å²) >= 11 is 0. The minimum atomic E-state index is -0.935. The summed E-state index contributed by atoms with van der Waals surface area (Å²) in [4.78, 5) is 34.3. The van der Waals surface area contributed by atoms with Crippen LogP contribution in [0, 0.1) is 10.8 Å². The molecular formula is C24H45NO6. The number of rotatable bonds is 15. The maximum atomic E-state index is 10.5. The SMILES string of the molecule is C=C(C)C(=O)O.CCCCC(CC)CC=C(C)C(=O)O.CCCCCCC(C)ON=O. The molecule has 2 N–H and O–H groups in total. The lowest BCUT2D eigenvalue weighted by Crippen LogP contribution is -2.02. The number of aliphatic carboxylic acids is 2. The van der Waals surface area contributed by atoms with E-state index in [2.05, 4.69) is 37.5 Å². The molecule has 0 rings (SSSR count). The van der Waals surface area contributed by atoms with Crippen LogP contribution in [0.1, 0.15) is 106 Å². The molecular weight excluding hydrogens is 398 g/mol. The van der Waals surface area contributed by atoms with Gasteiger partial charge in [0.25, 0.3) is 0 Å². The third-order valence-corrected chi connectivity index (χ3v) is 4.69. The van der Waals surface area contributed by atoms with Gasteiger partial charge in [0.1, 0.15) is 6.10 Å². The standard InChI is InChI=1S/C12H22O2.C8H17NO2.C4H6O2/c1-4-6-7-11(5-2)9-8-10(3)12(13)14;1-3-4-5-6-7-8(2)11-9-10;1-3(2)4(5)6/h8,11H,4-7,9H2,1-3H3,(H,13,14);8H,3-7H2,1-2H3;1H2,2H3,(H,5,6). The van der Waals surface area contributed by atoms with Crippen molar-refractivity contribution in [2.75, 3.05) is 0 Å². The van der Waals surface area contributed by atoms with Crippen molar-refractivity contribution in [1.29, 1.82) is 0 Å². The molecule has 0 aliphatic heterocycles. The second-order valence-corrected chi connectivity index (χ2v) is 7.77. The number of hydrogen-bond donors (Lipinski definition) is 2. The molecule has 0 aliphatic rings. The van der Waals surface area contributed by atoms with Crippen molar-refractivity contribution in [2.45, 2.75) is 112 Å². The zero-order valence-corrected chi connectivity index (χ0v) is 20.5. The summed E-state index contributed by atoms with van der Waals surface area (Å²) < 4.78 is 0. The minimum Gasteiger partial charge on any atom is -0.478 e. The Bertz CT molecular complexity index is 504. The van der Waals surface area contributed by atoms with E-state index in [0.29, 0.717) is 11.5 Å². The largest absolute Gasteiger partial charge is 0.478 e. The number of carbonyl (C=O) groups is 2. The van der Waals surface area contributed by atoms with E-state index in [4.69, 9.17) is 10.2 Å². The normalized spacial score (nSPS) is 12.3. The molecule has 31 heavy (non-hydrogen) atoms. The van der Waals surface area contributed by atoms with Crippen molar-refractivity contribution < 1.29 is 24.6 Å². The second-order valence-electron chi connectivity index (χ2n) is 7.77. The van der Waals surface area contributed by atoms with Gasteiger partial charge in [0.05, 0.1) is 0 Å². The highest BCUT2D eigenvalue weighted by Crippen LogP contribution is 2.17. The van der Waals surface area contributed by atoms with Crippen LogP contribution in [0.15, 0.2) is 29.1 Å². The molecule has 182 valence electrons. The summed E-state index contributed by atoms with van der Waals surface area (Å²) in [5, 5.41) is 19.0. The van der Waals surface area contributed by atoms with E-state index < -0.39 is 11.9 Å². The Balaban J connectivity index is -0.000000410. The van der Waals surface area contributed by atoms with Gasteiger partial charge in [0.15, 0.2) is 5.34 Å². The van der Waals surface area contributed by atoms with Crippen molar-refractivity contribution in [3.05, 3.63) is 28.7 Å². The average molecular weight is 444 g/mol. The first-order valence-electron chi connectivity index (χ1n) is 11.3. The summed E-state index contributed by atoms with van der Waals surface area (Å²) in [5.41, 5.74) is 0.648. The Kier molecular flexibility index (Phi) is 26.0. The van der Waals surface area contributed by atoms with E-state index in [9.17, 15) is 14.5 Å². The van der Waals surface area contributed by atoms with E-state index in [1.807, 2.05) is 13.0 Å². The quantitative estimate of drug-likeness (QED) is 0.119. The number of unbranched alkanes of at least 4 members (excludes halogenated alkanes) is 4. The average Bonchev–Trinajstić information content (AvgIpc) is 2.72. The third kappa shape index (κ3) is 27.8. The van der Waals surface area contributed by atoms with Crippen LogP contribution in [0.5, 0.6) is 0 Å². The Morgan fingerprint density at radius 2 is 1.52 bits per heavy atom. The van der Waals surface area contributed by atoms with Crippen LogP contribution < -0.4 is 0 Å². The van der Waals surface area contributed by atoms with E-state index in [1.54, 1.807) is 6.92 Å². The van der Waals surface area contributed by atoms with Crippen LogP contribution in [-0.2, 0) is 14.4 Å². The van der Waals surface area contributed by atoms with Gasteiger partial charge in [-0.15, -0.1) is 4.91 Å². The molecule has 0 spiro atoms. The number of hydrogen-bond acceptors (Lipinski definition) is 5. The van der Waals surface area contributed by atoms with Gasteiger partial charge < -0.3 is 15.1 Å². The van der Waals surface area contributed by atoms with Crippen LogP contribution in [0.3, 0.4) is 0 Å². The van der Waals surface area contributed by atoms with Crippen LogP contribution in [0.25, 0.3) is 0 Å². The molecule has 2 unspecified atom stereocenters. The molecule has 7 heteroatoms. The van der Waals surface area contributed by atoms with Gasteiger partial charge in [-0.3, -0.25) is 0 Å². The van der Waals surface area contributed by atoms with Crippen LogP contribution in [0.4, 0.5) is 0 Å². The maximum Gasteiger partial charge on any atom is 0.330 e. The smallest absolute Gasteiger partial charge is 0.330 e. The lowest BCUT2D eigenvalue weighted by molar-refractivity contribution is -0.133. The fourth-order valence-corrected chi connectivity index (χ4v) is 2.40. The number of carboxylic acid groups (broad SMARTS) is 2. The monoisotopic (exact) mass is 443 g/mol. The molecule has 0 heterocycles. The third-order valence-electron chi connectivity index (χ3n) is 4.69. The molecule has 0 aromatic carbocycles. The van der Waals surface area contributed by atoms with Crippen molar-refractivity contribution in [3.8, 4) is 0 Å². The van der Waals surface area contributed by atoms with E-state index in [0.717, 1.165) is 25.7 Å². The fourth-order valence-electron chi connectivity index (χ4n) is 2.40. The Morgan fingerprint density at radius 3 is 1.90 bits per heavy atom. The Labute approximate surface area is 188 Å². The fraction of sp³-hybridized carbons (Fsp3) is 0.750. The lowest BCUT2D eigenvalue weighted by Gasteiger charge is -2.11.